The molecule has 1 aromatic carbocycles. The van der Waals surface area contributed by atoms with E-state index in [0.717, 1.165) is 0 Å². The van der Waals surface area contributed by atoms with E-state index in [0.29, 0.717) is 18.7 Å². The molecule has 19 heavy (non-hydrogen) atoms. The third kappa shape index (κ3) is 3.68. The van der Waals surface area contributed by atoms with Crippen molar-refractivity contribution >= 4 is 5.91 Å². The zero-order valence-electron chi connectivity index (χ0n) is 11.3. The van der Waals surface area contributed by atoms with E-state index in [2.05, 4.69) is 6.07 Å². The van der Waals surface area contributed by atoms with Gasteiger partial charge in [0.1, 0.15) is 0 Å². The maximum absolute atomic E-state index is 13.3. The van der Waals surface area contributed by atoms with Crippen molar-refractivity contribution in [3.05, 3.63) is 29.6 Å². The van der Waals surface area contributed by atoms with Crippen molar-refractivity contribution in [3.8, 4) is 11.8 Å². The smallest absolute Gasteiger partial charge is 0.254 e. The number of carbonyl (C=O) groups is 1. The summed E-state index contributed by atoms with van der Waals surface area (Å²) in [5.74, 6) is -0.947. The average molecular weight is 264 g/mol. The van der Waals surface area contributed by atoms with Gasteiger partial charge in [-0.05, 0) is 32.0 Å². The molecule has 0 aliphatic carbocycles. The number of ether oxygens (including phenoxy) is 1. The van der Waals surface area contributed by atoms with Gasteiger partial charge in [0.15, 0.2) is 11.6 Å². The Kier molecular flexibility index (Phi) is 5.31. The minimum absolute atomic E-state index is 0.0373. The summed E-state index contributed by atoms with van der Waals surface area (Å²) in [5, 5.41) is 8.79. The molecule has 1 atom stereocenters. The first-order valence-corrected chi connectivity index (χ1v) is 6.05. The van der Waals surface area contributed by atoms with Crippen LogP contribution in [0, 0.1) is 23.1 Å². The van der Waals surface area contributed by atoms with Gasteiger partial charge in [0.2, 0.25) is 0 Å². The molecule has 1 rings (SSSR count). The normalized spacial score (nSPS) is 11.5. The highest BCUT2D eigenvalue weighted by molar-refractivity contribution is 5.94. The maximum Gasteiger partial charge on any atom is 0.254 e. The van der Waals surface area contributed by atoms with Crippen LogP contribution in [0.25, 0.3) is 0 Å². The Morgan fingerprint density at radius 2 is 2.26 bits per heavy atom. The van der Waals surface area contributed by atoms with Crippen LogP contribution in [-0.4, -0.2) is 31.0 Å². The van der Waals surface area contributed by atoms with Gasteiger partial charge in [-0.15, -0.1) is 0 Å². The molecule has 1 aromatic rings. The molecule has 0 saturated carbocycles. The first-order valence-electron chi connectivity index (χ1n) is 6.05. The number of carbonyl (C=O) groups excluding carboxylic acids is 1. The highest BCUT2D eigenvalue weighted by Gasteiger charge is 2.18. The molecule has 1 unspecified atom stereocenters. The third-order valence-electron chi connectivity index (χ3n) is 2.78. The van der Waals surface area contributed by atoms with Crippen LogP contribution in [-0.2, 0) is 0 Å². The summed E-state index contributed by atoms with van der Waals surface area (Å²) >= 11 is 0. The molecule has 0 N–H and O–H groups in total. The SMILES string of the molecule is CCN(CC(C)C#N)C(=O)c1ccc(F)c(OC)c1. The van der Waals surface area contributed by atoms with Gasteiger partial charge in [-0.2, -0.15) is 5.26 Å². The summed E-state index contributed by atoms with van der Waals surface area (Å²) in [6.07, 6.45) is 0. The van der Waals surface area contributed by atoms with E-state index in [1.165, 1.54) is 25.3 Å². The van der Waals surface area contributed by atoms with Gasteiger partial charge in [0, 0.05) is 18.7 Å². The average Bonchev–Trinajstić information content (AvgIpc) is 2.44. The van der Waals surface area contributed by atoms with Crippen molar-refractivity contribution in [2.45, 2.75) is 13.8 Å². The first-order chi connectivity index (χ1) is 9.03. The molecule has 4 nitrogen and oxygen atoms in total. The van der Waals surface area contributed by atoms with Gasteiger partial charge in [-0.3, -0.25) is 4.79 Å². The lowest BCUT2D eigenvalue weighted by atomic mass is 10.1. The lowest BCUT2D eigenvalue weighted by Gasteiger charge is -2.22. The van der Waals surface area contributed by atoms with Gasteiger partial charge in [-0.1, -0.05) is 0 Å². The van der Waals surface area contributed by atoms with E-state index in [1.54, 1.807) is 11.8 Å². The molecule has 0 fully saturated rings. The number of nitrogens with zero attached hydrogens (tertiary/aromatic N) is 2. The number of halogens is 1. The molecule has 0 bridgehead atoms. The topological polar surface area (TPSA) is 53.3 Å². The summed E-state index contributed by atoms with van der Waals surface area (Å²) in [7, 11) is 1.35. The molecule has 0 saturated heterocycles. The lowest BCUT2D eigenvalue weighted by molar-refractivity contribution is 0.0752. The summed E-state index contributed by atoms with van der Waals surface area (Å²) in [6, 6.07) is 6.08. The summed E-state index contributed by atoms with van der Waals surface area (Å²) in [6.45, 7) is 4.43. The Morgan fingerprint density at radius 3 is 2.79 bits per heavy atom. The highest BCUT2D eigenvalue weighted by atomic mass is 19.1. The Labute approximate surface area is 112 Å². The van der Waals surface area contributed by atoms with Crippen LogP contribution >= 0.6 is 0 Å². The van der Waals surface area contributed by atoms with Crippen LogP contribution in [0.15, 0.2) is 18.2 Å². The number of hydrogen-bond acceptors (Lipinski definition) is 3. The molecule has 1 amide bonds. The molecule has 0 heterocycles. The number of amides is 1. The van der Waals surface area contributed by atoms with Gasteiger partial charge in [0.25, 0.3) is 5.91 Å². The highest BCUT2D eigenvalue weighted by Crippen LogP contribution is 2.19. The van der Waals surface area contributed by atoms with Crippen molar-refractivity contribution in [1.82, 2.24) is 4.90 Å². The van der Waals surface area contributed by atoms with Crippen LogP contribution < -0.4 is 4.74 Å². The molecule has 0 aromatic heterocycles. The Bertz CT molecular complexity index is 497. The zero-order valence-corrected chi connectivity index (χ0v) is 11.3. The fraction of sp³-hybridized carbons (Fsp3) is 0.429. The molecule has 0 aliphatic rings. The summed E-state index contributed by atoms with van der Waals surface area (Å²) < 4.78 is 18.1. The van der Waals surface area contributed by atoms with Crippen LogP contribution in [0.5, 0.6) is 5.75 Å². The largest absolute Gasteiger partial charge is 0.494 e. The summed E-state index contributed by atoms with van der Waals surface area (Å²) in [5.41, 5.74) is 0.352. The second kappa shape index (κ2) is 6.74. The van der Waals surface area contributed by atoms with Gasteiger partial charge in [-0.25, -0.2) is 4.39 Å². The molecule has 5 heteroatoms. The Morgan fingerprint density at radius 1 is 1.58 bits per heavy atom. The van der Waals surface area contributed by atoms with Crippen LogP contribution in [0.3, 0.4) is 0 Å². The molecule has 0 aliphatic heterocycles. The second-order valence-corrected chi connectivity index (χ2v) is 4.22. The minimum atomic E-state index is -0.507. The fourth-order valence-corrected chi connectivity index (χ4v) is 1.70. The molecular formula is C14H17FN2O2. The van der Waals surface area contributed by atoms with Crippen LogP contribution in [0.4, 0.5) is 4.39 Å². The minimum Gasteiger partial charge on any atom is -0.494 e. The van der Waals surface area contributed by atoms with Gasteiger partial charge >= 0.3 is 0 Å². The van der Waals surface area contributed by atoms with E-state index in [4.69, 9.17) is 10.00 Å². The quantitative estimate of drug-likeness (QED) is 0.820. The van der Waals surface area contributed by atoms with Crippen molar-refractivity contribution in [2.24, 2.45) is 5.92 Å². The predicted octanol–water partition coefficient (Wildman–Crippen LogP) is 2.46. The number of rotatable bonds is 5. The van der Waals surface area contributed by atoms with E-state index in [-0.39, 0.29) is 17.6 Å². The Hall–Kier alpha value is -2.09. The number of nitriles is 1. The second-order valence-electron chi connectivity index (χ2n) is 4.22. The van der Waals surface area contributed by atoms with E-state index < -0.39 is 5.82 Å². The third-order valence-corrected chi connectivity index (χ3v) is 2.78. The standard InChI is InChI=1S/C14H17FN2O2/c1-4-17(9-10(2)8-16)14(18)11-5-6-12(15)13(7-11)19-3/h5-7,10H,4,9H2,1-3H3. The van der Waals surface area contributed by atoms with Crippen molar-refractivity contribution in [2.75, 3.05) is 20.2 Å². The zero-order chi connectivity index (χ0) is 14.4. The van der Waals surface area contributed by atoms with E-state index in [1.807, 2.05) is 6.92 Å². The predicted molar refractivity (Wildman–Crippen MR) is 69.3 cm³/mol. The van der Waals surface area contributed by atoms with Crippen LogP contribution in [0.2, 0.25) is 0 Å². The summed E-state index contributed by atoms with van der Waals surface area (Å²) in [4.78, 5) is 13.8. The fourth-order valence-electron chi connectivity index (χ4n) is 1.70. The number of methoxy groups -OCH3 is 1. The Balaban J connectivity index is 2.95. The number of benzene rings is 1. The monoisotopic (exact) mass is 264 g/mol. The van der Waals surface area contributed by atoms with E-state index in [9.17, 15) is 9.18 Å². The molecule has 0 spiro atoms. The van der Waals surface area contributed by atoms with E-state index >= 15 is 0 Å². The molecule has 102 valence electrons. The van der Waals surface area contributed by atoms with Gasteiger partial charge in [0.05, 0.1) is 19.1 Å². The molecule has 0 radical (unpaired) electrons. The van der Waals surface area contributed by atoms with Crippen molar-refractivity contribution < 1.29 is 13.9 Å². The maximum atomic E-state index is 13.3. The first kappa shape index (κ1) is 15.0. The van der Waals surface area contributed by atoms with Crippen molar-refractivity contribution in [3.63, 3.8) is 0 Å². The number of hydrogen-bond donors (Lipinski definition) is 0. The van der Waals surface area contributed by atoms with Crippen LogP contribution in [0.1, 0.15) is 24.2 Å². The van der Waals surface area contributed by atoms with Gasteiger partial charge < -0.3 is 9.64 Å². The van der Waals surface area contributed by atoms with Crippen molar-refractivity contribution in [1.29, 1.82) is 5.26 Å². The lowest BCUT2D eigenvalue weighted by Crippen LogP contribution is -2.34. The molecular weight excluding hydrogens is 247 g/mol.